The average Bonchev–Trinajstić information content (AvgIpc) is 2.96. The van der Waals surface area contributed by atoms with Crippen LogP contribution in [0.3, 0.4) is 0 Å². The molecule has 0 spiro atoms. The molecule has 8 heteroatoms. The Labute approximate surface area is 160 Å². The van der Waals surface area contributed by atoms with Gasteiger partial charge in [-0.3, -0.25) is 9.59 Å². The maximum atomic E-state index is 12.4. The molecule has 0 saturated heterocycles. The topological polar surface area (TPSA) is 116 Å². The lowest BCUT2D eigenvalue weighted by molar-refractivity contribution is -0.144. The van der Waals surface area contributed by atoms with E-state index in [0.717, 1.165) is 0 Å². The minimum Gasteiger partial charge on any atom is -0.457 e. The summed E-state index contributed by atoms with van der Waals surface area (Å²) in [5.74, 6) is 0.891. The molecular formula is C20H16N2O6. The van der Waals surface area contributed by atoms with E-state index in [9.17, 15) is 19.2 Å². The summed E-state index contributed by atoms with van der Waals surface area (Å²) >= 11 is 0. The van der Waals surface area contributed by atoms with Gasteiger partial charge in [0.15, 0.2) is 0 Å². The summed E-state index contributed by atoms with van der Waals surface area (Å²) in [5.41, 5.74) is -0.125. The van der Waals surface area contributed by atoms with Crippen molar-refractivity contribution in [3.05, 3.63) is 82.9 Å². The lowest BCUT2D eigenvalue weighted by Gasteiger charge is -2.07. The fourth-order valence-electron chi connectivity index (χ4n) is 2.52. The number of nitrogens with zero attached hydrogens (tertiary/aromatic N) is 1. The monoisotopic (exact) mass is 380 g/mol. The van der Waals surface area contributed by atoms with Crippen molar-refractivity contribution in [1.82, 2.24) is 5.01 Å². The van der Waals surface area contributed by atoms with Gasteiger partial charge in [-0.15, -0.1) is 0 Å². The highest BCUT2D eigenvalue weighted by Gasteiger charge is 2.45. The predicted molar refractivity (Wildman–Crippen MR) is 95.5 cm³/mol. The van der Waals surface area contributed by atoms with Crippen LogP contribution in [0.1, 0.15) is 11.1 Å². The summed E-state index contributed by atoms with van der Waals surface area (Å²) in [6, 6.07) is 17.4. The summed E-state index contributed by atoms with van der Waals surface area (Å²) in [6.07, 6.45) is 0. The summed E-state index contributed by atoms with van der Waals surface area (Å²) in [6.45, 7) is -0.275. The Balaban J connectivity index is 1.78. The van der Waals surface area contributed by atoms with Crippen molar-refractivity contribution in [3.8, 4) is 0 Å². The number of hydrogen-bond acceptors (Lipinski definition) is 7. The standard InChI is InChI=1S/C20H16N2O6/c21-22-17(23)15(19(25)27-11-13-7-3-1-4-8-13)16(18(22)24)20(26)28-12-14-9-5-2-6-10-14/h1-10H,11-12,21H2. The van der Waals surface area contributed by atoms with Crippen LogP contribution in [0.2, 0.25) is 0 Å². The number of rotatable bonds is 6. The number of amides is 2. The van der Waals surface area contributed by atoms with E-state index in [4.69, 9.17) is 15.3 Å². The number of benzene rings is 2. The van der Waals surface area contributed by atoms with Gasteiger partial charge in [-0.2, -0.15) is 0 Å². The van der Waals surface area contributed by atoms with Gasteiger partial charge in [-0.25, -0.2) is 20.4 Å². The Kier molecular flexibility index (Phi) is 5.61. The molecule has 0 radical (unpaired) electrons. The molecule has 8 nitrogen and oxygen atoms in total. The molecule has 2 aromatic rings. The highest BCUT2D eigenvalue weighted by molar-refractivity contribution is 6.37. The third-order valence-corrected chi connectivity index (χ3v) is 3.95. The van der Waals surface area contributed by atoms with Gasteiger partial charge >= 0.3 is 11.9 Å². The van der Waals surface area contributed by atoms with Crippen molar-refractivity contribution >= 4 is 23.8 Å². The molecule has 0 saturated carbocycles. The predicted octanol–water partition coefficient (Wildman–Crippen LogP) is 1.01. The summed E-state index contributed by atoms with van der Waals surface area (Å²) in [4.78, 5) is 49.1. The molecule has 0 fully saturated rings. The highest BCUT2D eigenvalue weighted by atomic mass is 16.5. The van der Waals surface area contributed by atoms with Crippen LogP contribution in [0.25, 0.3) is 0 Å². The second-order valence-corrected chi connectivity index (χ2v) is 5.85. The van der Waals surface area contributed by atoms with Gasteiger partial charge < -0.3 is 9.47 Å². The van der Waals surface area contributed by atoms with Gasteiger partial charge in [0.2, 0.25) is 0 Å². The zero-order chi connectivity index (χ0) is 20.1. The van der Waals surface area contributed by atoms with E-state index < -0.39 is 34.9 Å². The van der Waals surface area contributed by atoms with Gasteiger partial charge in [-0.05, 0) is 11.1 Å². The zero-order valence-corrected chi connectivity index (χ0v) is 14.7. The van der Waals surface area contributed by atoms with Crippen molar-refractivity contribution in [2.24, 2.45) is 5.84 Å². The van der Waals surface area contributed by atoms with E-state index in [0.29, 0.717) is 11.1 Å². The number of carbonyl (C=O) groups excluding carboxylic acids is 4. The summed E-state index contributed by atoms with van der Waals surface area (Å²) in [5, 5.41) is 0.193. The fraction of sp³-hybridized carbons (Fsp3) is 0.100. The smallest absolute Gasteiger partial charge is 0.345 e. The fourth-order valence-corrected chi connectivity index (χ4v) is 2.52. The molecule has 1 heterocycles. The number of esters is 2. The van der Waals surface area contributed by atoms with Gasteiger partial charge in [0.05, 0.1) is 0 Å². The first kappa shape index (κ1) is 19.0. The first-order valence-electron chi connectivity index (χ1n) is 8.29. The van der Waals surface area contributed by atoms with Crippen LogP contribution < -0.4 is 5.84 Å². The molecule has 0 aliphatic carbocycles. The van der Waals surface area contributed by atoms with Gasteiger partial charge in [-0.1, -0.05) is 60.7 Å². The number of ether oxygens (including phenoxy) is 2. The summed E-state index contributed by atoms with van der Waals surface area (Å²) < 4.78 is 10.1. The van der Waals surface area contributed by atoms with Crippen molar-refractivity contribution in [2.75, 3.05) is 0 Å². The van der Waals surface area contributed by atoms with Crippen LogP contribution in [0, 0.1) is 0 Å². The molecule has 3 rings (SSSR count). The van der Waals surface area contributed by atoms with E-state index >= 15 is 0 Å². The molecule has 28 heavy (non-hydrogen) atoms. The molecule has 0 unspecified atom stereocenters. The normalized spacial score (nSPS) is 13.7. The van der Waals surface area contributed by atoms with E-state index in [2.05, 4.69) is 0 Å². The average molecular weight is 380 g/mol. The van der Waals surface area contributed by atoms with Crippen molar-refractivity contribution in [3.63, 3.8) is 0 Å². The van der Waals surface area contributed by atoms with Gasteiger partial charge in [0.1, 0.15) is 24.4 Å². The molecule has 0 bridgehead atoms. The van der Waals surface area contributed by atoms with Crippen molar-refractivity contribution in [1.29, 1.82) is 0 Å². The molecule has 2 amide bonds. The lowest BCUT2D eigenvalue weighted by Crippen LogP contribution is -2.39. The Hall–Kier alpha value is -3.78. The van der Waals surface area contributed by atoms with Crippen LogP contribution in [0.4, 0.5) is 0 Å². The third kappa shape index (κ3) is 3.97. The van der Waals surface area contributed by atoms with E-state index in [1.54, 1.807) is 60.7 Å². The van der Waals surface area contributed by atoms with Gasteiger partial charge in [0, 0.05) is 0 Å². The molecule has 2 aromatic carbocycles. The SMILES string of the molecule is NN1C(=O)C(C(=O)OCc2ccccc2)=C(C(=O)OCc2ccccc2)C1=O. The molecule has 1 aliphatic heterocycles. The largest absolute Gasteiger partial charge is 0.457 e. The number of hydrogen-bond donors (Lipinski definition) is 1. The van der Waals surface area contributed by atoms with Gasteiger partial charge in [0.25, 0.3) is 11.8 Å². The van der Waals surface area contributed by atoms with Crippen molar-refractivity contribution < 1.29 is 28.7 Å². The molecule has 0 atom stereocenters. The Bertz CT molecular complexity index is 876. The second kappa shape index (κ2) is 8.28. The van der Waals surface area contributed by atoms with Crippen LogP contribution in [0.15, 0.2) is 71.8 Å². The third-order valence-electron chi connectivity index (χ3n) is 3.95. The molecular weight excluding hydrogens is 364 g/mol. The van der Waals surface area contributed by atoms with E-state index in [1.165, 1.54) is 0 Å². The summed E-state index contributed by atoms with van der Waals surface area (Å²) in [7, 11) is 0. The van der Waals surface area contributed by atoms with Crippen LogP contribution in [0.5, 0.6) is 0 Å². The van der Waals surface area contributed by atoms with E-state index in [-0.39, 0.29) is 18.2 Å². The molecule has 0 aromatic heterocycles. The minimum atomic E-state index is -1.12. The van der Waals surface area contributed by atoms with Crippen LogP contribution >= 0.6 is 0 Å². The lowest BCUT2D eigenvalue weighted by atomic mass is 10.1. The minimum absolute atomic E-state index is 0.137. The number of nitrogens with two attached hydrogens (primary N) is 1. The van der Waals surface area contributed by atoms with Crippen LogP contribution in [-0.2, 0) is 41.9 Å². The Morgan fingerprint density at radius 2 is 1.07 bits per heavy atom. The molecule has 2 N–H and O–H groups in total. The molecule has 142 valence electrons. The molecule has 1 aliphatic rings. The van der Waals surface area contributed by atoms with Crippen molar-refractivity contribution in [2.45, 2.75) is 13.2 Å². The first-order valence-corrected chi connectivity index (χ1v) is 8.29. The maximum absolute atomic E-state index is 12.4. The Morgan fingerprint density at radius 3 is 1.43 bits per heavy atom. The number of hydrazine groups is 1. The maximum Gasteiger partial charge on any atom is 0.345 e. The Morgan fingerprint density at radius 1 is 0.714 bits per heavy atom. The van der Waals surface area contributed by atoms with E-state index in [1.807, 2.05) is 0 Å². The number of carbonyl (C=O) groups is 4. The second-order valence-electron chi connectivity index (χ2n) is 5.85. The first-order chi connectivity index (χ1) is 13.5. The highest BCUT2D eigenvalue weighted by Crippen LogP contribution is 2.22. The zero-order valence-electron chi connectivity index (χ0n) is 14.7. The number of imide groups is 1. The quantitative estimate of drug-likeness (QED) is 0.261. The van der Waals surface area contributed by atoms with Crippen LogP contribution in [-0.4, -0.2) is 28.8 Å².